The summed E-state index contributed by atoms with van der Waals surface area (Å²) in [6.45, 7) is 2.79. The number of rotatable bonds is 4. The first-order chi connectivity index (χ1) is 7.88. The maximum Gasteiger partial charge on any atom is 0.216 e. The van der Waals surface area contributed by atoms with Crippen molar-refractivity contribution in [2.45, 2.75) is 19.4 Å². The Balaban J connectivity index is 1.83. The first-order valence-electron chi connectivity index (χ1n) is 5.60. The minimum atomic E-state index is 0.413. The van der Waals surface area contributed by atoms with Crippen LogP contribution in [0.1, 0.15) is 18.5 Å². The summed E-state index contributed by atoms with van der Waals surface area (Å²) in [7, 11) is 0. The molecule has 0 atom stereocenters. The molecule has 0 saturated carbocycles. The minimum Gasteiger partial charge on any atom is -0.477 e. The molecule has 88 valence electrons. The van der Waals surface area contributed by atoms with Gasteiger partial charge in [-0.15, -0.1) is 0 Å². The molecule has 1 aromatic rings. The molecule has 0 unspecified atom stereocenters. The fourth-order valence-electron chi connectivity index (χ4n) is 1.68. The molecule has 16 heavy (non-hydrogen) atoms. The summed E-state index contributed by atoms with van der Waals surface area (Å²) in [6, 6.07) is 1.79. The summed E-state index contributed by atoms with van der Waals surface area (Å²) < 4.78 is 10.9. The van der Waals surface area contributed by atoms with Crippen molar-refractivity contribution >= 4 is 0 Å². The molecule has 1 fully saturated rings. The van der Waals surface area contributed by atoms with Gasteiger partial charge in [0.1, 0.15) is 6.33 Å². The number of nitrogens with zero attached hydrogens (tertiary/aromatic N) is 2. The van der Waals surface area contributed by atoms with Crippen LogP contribution in [0, 0.1) is 5.92 Å². The van der Waals surface area contributed by atoms with Crippen molar-refractivity contribution < 1.29 is 9.47 Å². The topological polar surface area (TPSA) is 70.3 Å². The van der Waals surface area contributed by atoms with Crippen LogP contribution in [0.3, 0.4) is 0 Å². The first-order valence-corrected chi connectivity index (χ1v) is 5.60. The largest absolute Gasteiger partial charge is 0.477 e. The number of hydrogen-bond acceptors (Lipinski definition) is 5. The number of aromatic nitrogens is 2. The van der Waals surface area contributed by atoms with Gasteiger partial charge in [-0.05, 0) is 18.8 Å². The van der Waals surface area contributed by atoms with Crippen LogP contribution < -0.4 is 10.5 Å². The zero-order valence-corrected chi connectivity index (χ0v) is 9.26. The van der Waals surface area contributed by atoms with Gasteiger partial charge in [-0.3, -0.25) is 0 Å². The molecule has 2 heterocycles. The van der Waals surface area contributed by atoms with Gasteiger partial charge in [-0.1, -0.05) is 0 Å². The summed E-state index contributed by atoms with van der Waals surface area (Å²) in [5.74, 6) is 1.19. The molecule has 0 aliphatic carbocycles. The summed E-state index contributed by atoms with van der Waals surface area (Å²) in [5, 5.41) is 0. The van der Waals surface area contributed by atoms with Crippen LogP contribution in [0.15, 0.2) is 12.4 Å². The van der Waals surface area contributed by atoms with Gasteiger partial charge in [0.15, 0.2) is 0 Å². The Morgan fingerprint density at radius 1 is 1.38 bits per heavy atom. The first kappa shape index (κ1) is 11.3. The third-order valence-corrected chi connectivity index (χ3v) is 2.72. The molecule has 2 rings (SSSR count). The SMILES string of the molecule is NCc1cc(OCC2CCOCC2)ncn1. The second-order valence-corrected chi connectivity index (χ2v) is 3.92. The highest BCUT2D eigenvalue weighted by molar-refractivity contribution is 5.13. The van der Waals surface area contributed by atoms with Gasteiger partial charge in [0, 0.05) is 25.8 Å². The maximum absolute atomic E-state index is 5.63. The molecule has 1 aliphatic rings. The molecular weight excluding hydrogens is 206 g/mol. The second-order valence-electron chi connectivity index (χ2n) is 3.92. The Labute approximate surface area is 95.0 Å². The van der Waals surface area contributed by atoms with E-state index in [0.717, 1.165) is 31.7 Å². The van der Waals surface area contributed by atoms with Crippen LogP contribution in [0.2, 0.25) is 0 Å². The zero-order valence-electron chi connectivity index (χ0n) is 9.26. The van der Waals surface area contributed by atoms with Crippen LogP contribution >= 0.6 is 0 Å². The van der Waals surface area contributed by atoms with Crippen molar-refractivity contribution in [1.82, 2.24) is 9.97 Å². The van der Waals surface area contributed by atoms with Crippen LogP contribution in [0.5, 0.6) is 5.88 Å². The van der Waals surface area contributed by atoms with Gasteiger partial charge in [0.05, 0.1) is 12.3 Å². The molecule has 5 heteroatoms. The van der Waals surface area contributed by atoms with Crippen LogP contribution in [-0.4, -0.2) is 29.8 Å². The number of hydrogen-bond donors (Lipinski definition) is 1. The number of nitrogens with two attached hydrogens (primary N) is 1. The lowest BCUT2D eigenvalue weighted by molar-refractivity contribution is 0.0490. The van der Waals surface area contributed by atoms with E-state index in [2.05, 4.69) is 9.97 Å². The fraction of sp³-hybridized carbons (Fsp3) is 0.636. The minimum absolute atomic E-state index is 0.413. The fourth-order valence-corrected chi connectivity index (χ4v) is 1.68. The Hall–Kier alpha value is -1.20. The summed E-state index contributed by atoms with van der Waals surface area (Å²) in [5.41, 5.74) is 6.30. The highest BCUT2D eigenvalue weighted by Gasteiger charge is 2.14. The van der Waals surface area contributed by atoms with E-state index in [-0.39, 0.29) is 0 Å². The van der Waals surface area contributed by atoms with E-state index >= 15 is 0 Å². The predicted octanol–water partition coefficient (Wildman–Crippen LogP) is 0.741. The summed E-state index contributed by atoms with van der Waals surface area (Å²) in [4.78, 5) is 8.07. The van der Waals surface area contributed by atoms with Gasteiger partial charge in [0.25, 0.3) is 0 Å². The second kappa shape index (κ2) is 5.77. The van der Waals surface area contributed by atoms with Crippen molar-refractivity contribution in [1.29, 1.82) is 0 Å². The molecule has 0 radical (unpaired) electrons. The lowest BCUT2D eigenvalue weighted by Crippen LogP contribution is -2.21. The van der Waals surface area contributed by atoms with Crippen LogP contribution in [0.25, 0.3) is 0 Å². The molecule has 0 aromatic carbocycles. The third kappa shape index (κ3) is 3.15. The normalized spacial score (nSPS) is 17.3. The smallest absolute Gasteiger partial charge is 0.216 e. The monoisotopic (exact) mass is 223 g/mol. The van der Waals surface area contributed by atoms with Crippen LogP contribution in [0.4, 0.5) is 0 Å². The highest BCUT2D eigenvalue weighted by Crippen LogP contribution is 2.16. The molecule has 0 amide bonds. The predicted molar refractivity (Wildman–Crippen MR) is 59.0 cm³/mol. The van der Waals surface area contributed by atoms with Gasteiger partial charge < -0.3 is 15.2 Å². The molecule has 0 bridgehead atoms. The zero-order chi connectivity index (χ0) is 11.2. The molecule has 1 saturated heterocycles. The molecule has 2 N–H and O–H groups in total. The van der Waals surface area contributed by atoms with E-state index in [1.165, 1.54) is 6.33 Å². The van der Waals surface area contributed by atoms with Crippen LogP contribution in [-0.2, 0) is 11.3 Å². The Bertz CT molecular complexity index is 327. The highest BCUT2D eigenvalue weighted by atomic mass is 16.5. The van der Waals surface area contributed by atoms with Gasteiger partial charge in [-0.25, -0.2) is 9.97 Å². The standard InChI is InChI=1S/C11H17N3O2/c12-6-10-5-11(14-8-13-10)16-7-9-1-3-15-4-2-9/h5,8-9H,1-4,6-7,12H2. The average Bonchev–Trinajstić information content (AvgIpc) is 2.38. The lowest BCUT2D eigenvalue weighted by atomic mass is 10.0. The summed E-state index contributed by atoms with van der Waals surface area (Å²) in [6.07, 6.45) is 3.62. The molecule has 0 spiro atoms. The average molecular weight is 223 g/mol. The lowest BCUT2D eigenvalue weighted by Gasteiger charge is -2.21. The van der Waals surface area contributed by atoms with Crippen molar-refractivity contribution in [3.63, 3.8) is 0 Å². The van der Waals surface area contributed by atoms with Gasteiger partial charge in [0.2, 0.25) is 5.88 Å². The van der Waals surface area contributed by atoms with Gasteiger partial charge in [-0.2, -0.15) is 0 Å². The number of ether oxygens (including phenoxy) is 2. The molecule has 1 aromatic heterocycles. The van der Waals surface area contributed by atoms with Crippen molar-refractivity contribution in [2.24, 2.45) is 11.7 Å². The Morgan fingerprint density at radius 2 is 2.19 bits per heavy atom. The third-order valence-electron chi connectivity index (χ3n) is 2.72. The van der Waals surface area contributed by atoms with E-state index < -0.39 is 0 Å². The maximum atomic E-state index is 5.63. The Kier molecular flexibility index (Phi) is 4.07. The van der Waals surface area contributed by atoms with Gasteiger partial charge >= 0.3 is 0 Å². The van der Waals surface area contributed by atoms with E-state index in [9.17, 15) is 0 Å². The molecule has 1 aliphatic heterocycles. The van der Waals surface area contributed by atoms with Crippen molar-refractivity contribution in [3.8, 4) is 5.88 Å². The van der Waals surface area contributed by atoms with E-state index in [1.54, 1.807) is 6.07 Å². The van der Waals surface area contributed by atoms with Crippen molar-refractivity contribution in [3.05, 3.63) is 18.1 Å². The van der Waals surface area contributed by atoms with E-state index in [0.29, 0.717) is 24.9 Å². The van der Waals surface area contributed by atoms with E-state index in [4.69, 9.17) is 15.2 Å². The summed E-state index contributed by atoms with van der Waals surface area (Å²) >= 11 is 0. The van der Waals surface area contributed by atoms with Crippen molar-refractivity contribution in [2.75, 3.05) is 19.8 Å². The van der Waals surface area contributed by atoms with E-state index in [1.807, 2.05) is 0 Å². The molecule has 5 nitrogen and oxygen atoms in total. The molecular formula is C11H17N3O2. The Morgan fingerprint density at radius 3 is 2.94 bits per heavy atom. The quantitative estimate of drug-likeness (QED) is 0.815.